The van der Waals surface area contributed by atoms with Crippen molar-refractivity contribution in [2.45, 2.75) is 57.3 Å². The van der Waals surface area contributed by atoms with Crippen LogP contribution >= 0.6 is 11.6 Å². The van der Waals surface area contributed by atoms with Gasteiger partial charge in [-0.2, -0.15) is 5.26 Å². The molecule has 0 aliphatic carbocycles. The molecule has 0 aromatic carbocycles. The molecule has 0 heterocycles. The summed E-state index contributed by atoms with van der Waals surface area (Å²) in [7, 11) is 0. The molecule has 0 fully saturated rings. The third-order valence-electron chi connectivity index (χ3n) is 2.55. The average molecular weight is 320 g/mol. The normalized spacial score (nSPS) is 15.8. The van der Waals surface area contributed by atoms with Crippen LogP contribution < -0.4 is 0 Å². The number of alkyl halides is 1. The zero-order chi connectivity index (χ0) is 16.4. The first-order valence-electron chi connectivity index (χ1n) is 6.28. The molecule has 0 unspecified atom stereocenters. The van der Waals surface area contributed by atoms with Crippen LogP contribution in [0.15, 0.2) is 0 Å². The van der Waals surface area contributed by atoms with Crippen LogP contribution in [0.4, 0.5) is 0 Å². The Morgan fingerprint density at radius 3 is 2.19 bits per heavy atom. The van der Waals surface area contributed by atoms with Crippen molar-refractivity contribution < 1.29 is 28.6 Å². The summed E-state index contributed by atoms with van der Waals surface area (Å²) in [6, 6.07) is 1.92. The number of nitrogens with zero attached hydrogens (tertiary/aromatic N) is 1. The third kappa shape index (κ3) is 7.51. The molecule has 0 rings (SSSR count). The second-order valence-corrected chi connectivity index (χ2v) is 4.86. The van der Waals surface area contributed by atoms with E-state index < -0.39 is 35.6 Å². The number of carbonyl (C=O) groups is 3. The van der Waals surface area contributed by atoms with E-state index in [-0.39, 0.29) is 19.3 Å². The van der Waals surface area contributed by atoms with E-state index in [0.29, 0.717) is 0 Å². The number of halogens is 1. The molecule has 0 N–H and O–H groups in total. The first-order chi connectivity index (χ1) is 9.83. The molecule has 0 spiro atoms. The fourth-order valence-corrected chi connectivity index (χ4v) is 2.00. The quantitative estimate of drug-likeness (QED) is 0.273. The van der Waals surface area contributed by atoms with Crippen molar-refractivity contribution in [2.24, 2.45) is 0 Å². The Labute approximate surface area is 128 Å². The lowest BCUT2D eigenvalue weighted by atomic mass is 10.0. The van der Waals surface area contributed by atoms with Gasteiger partial charge in [0.15, 0.2) is 12.2 Å². The monoisotopic (exact) mass is 319 g/mol. The smallest absolute Gasteiger partial charge is 0.303 e. The van der Waals surface area contributed by atoms with Gasteiger partial charge in [-0.05, 0) is 13.3 Å². The fourth-order valence-electron chi connectivity index (χ4n) is 1.69. The molecule has 118 valence electrons. The number of esters is 2. The minimum atomic E-state index is -1.06. The SMILES string of the molecule is CC(=O)O[C@H]([C@@H](OC(C)=O)[C@@H](Cl)CCC#N)[C@H](C)OC=O. The van der Waals surface area contributed by atoms with Crippen LogP contribution in [-0.4, -0.2) is 42.1 Å². The van der Waals surface area contributed by atoms with Gasteiger partial charge < -0.3 is 14.2 Å². The van der Waals surface area contributed by atoms with Gasteiger partial charge in [0.05, 0.1) is 11.4 Å². The minimum Gasteiger partial charge on any atom is -0.461 e. The van der Waals surface area contributed by atoms with E-state index >= 15 is 0 Å². The van der Waals surface area contributed by atoms with Crippen molar-refractivity contribution in [1.29, 1.82) is 5.26 Å². The Morgan fingerprint density at radius 1 is 1.24 bits per heavy atom. The van der Waals surface area contributed by atoms with E-state index in [0.717, 1.165) is 0 Å². The topological polar surface area (TPSA) is 103 Å². The number of ether oxygens (including phenoxy) is 3. The van der Waals surface area contributed by atoms with Gasteiger partial charge in [-0.15, -0.1) is 11.6 Å². The Morgan fingerprint density at radius 2 is 1.76 bits per heavy atom. The summed E-state index contributed by atoms with van der Waals surface area (Å²) in [5, 5.41) is 7.82. The molecule has 0 radical (unpaired) electrons. The van der Waals surface area contributed by atoms with Crippen molar-refractivity contribution in [3.8, 4) is 6.07 Å². The molecule has 0 aromatic rings. The van der Waals surface area contributed by atoms with Gasteiger partial charge in [-0.3, -0.25) is 14.4 Å². The molecule has 4 atom stereocenters. The Bertz CT molecular complexity index is 408. The maximum absolute atomic E-state index is 11.2. The number of carbonyl (C=O) groups excluding carboxylic acids is 3. The second kappa shape index (κ2) is 10.00. The van der Waals surface area contributed by atoms with Gasteiger partial charge in [0.1, 0.15) is 6.10 Å². The highest BCUT2D eigenvalue weighted by Gasteiger charge is 2.38. The van der Waals surface area contributed by atoms with Crippen molar-refractivity contribution in [3.63, 3.8) is 0 Å². The van der Waals surface area contributed by atoms with Crippen LogP contribution in [0, 0.1) is 11.3 Å². The molecule has 0 bridgehead atoms. The van der Waals surface area contributed by atoms with Crippen LogP contribution in [0.5, 0.6) is 0 Å². The van der Waals surface area contributed by atoms with E-state index in [9.17, 15) is 14.4 Å². The van der Waals surface area contributed by atoms with Gasteiger partial charge in [0, 0.05) is 20.3 Å². The summed E-state index contributed by atoms with van der Waals surface area (Å²) in [5.41, 5.74) is 0. The molecule has 21 heavy (non-hydrogen) atoms. The Hall–Kier alpha value is -1.81. The minimum absolute atomic E-state index is 0.141. The van der Waals surface area contributed by atoms with Crippen LogP contribution in [0.1, 0.15) is 33.6 Å². The zero-order valence-corrected chi connectivity index (χ0v) is 12.8. The number of hydrogen-bond donors (Lipinski definition) is 0. The second-order valence-electron chi connectivity index (χ2n) is 4.30. The molecule has 0 aliphatic rings. The predicted octanol–water partition coefficient (Wildman–Crippen LogP) is 1.32. The highest BCUT2D eigenvalue weighted by atomic mass is 35.5. The van der Waals surface area contributed by atoms with Crippen molar-refractivity contribution in [1.82, 2.24) is 0 Å². The van der Waals surface area contributed by atoms with Crippen molar-refractivity contribution >= 4 is 30.0 Å². The summed E-state index contributed by atoms with van der Waals surface area (Å²) >= 11 is 6.13. The predicted molar refractivity (Wildman–Crippen MR) is 72.2 cm³/mol. The van der Waals surface area contributed by atoms with Gasteiger partial charge in [0.25, 0.3) is 6.47 Å². The number of nitriles is 1. The molecule has 0 aromatic heterocycles. The molecule has 0 saturated carbocycles. The van der Waals surface area contributed by atoms with Gasteiger partial charge >= 0.3 is 11.9 Å². The standard InChI is InChI=1S/C13H18ClNO6/c1-8(19-7-16)12(20-9(2)17)13(21-10(3)18)11(14)5-4-6-15/h7-8,11-13H,4-5H2,1-3H3/t8-,11-,12-,13-/m0/s1. The summed E-state index contributed by atoms with van der Waals surface area (Å²) in [6.45, 7) is 4.03. The van der Waals surface area contributed by atoms with E-state index in [1.54, 1.807) is 0 Å². The zero-order valence-electron chi connectivity index (χ0n) is 12.1. The van der Waals surface area contributed by atoms with Gasteiger partial charge in [-0.1, -0.05) is 0 Å². The molecular weight excluding hydrogens is 302 g/mol. The van der Waals surface area contributed by atoms with Gasteiger partial charge in [0.2, 0.25) is 0 Å². The van der Waals surface area contributed by atoms with Crippen LogP contribution in [-0.2, 0) is 28.6 Å². The highest BCUT2D eigenvalue weighted by Crippen LogP contribution is 2.22. The first-order valence-corrected chi connectivity index (χ1v) is 6.71. The summed E-state index contributed by atoms with van der Waals surface area (Å²) < 4.78 is 14.9. The lowest BCUT2D eigenvalue weighted by Gasteiger charge is -2.32. The Kier molecular flexibility index (Phi) is 9.13. The summed E-state index contributed by atoms with van der Waals surface area (Å²) in [5.74, 6) is -1.26. The summed E-state index contributed by atoms with van der Waals surface area (Å²) in [6.07, 6.45) is -2.59. The Balaban J connectivity index is 5.22. The summed E-state index contributed by atoms with van der Waals surface area (Å²) in [4.78, 5) is 32.8. The van der Waals surface area contributed by atoms with E-state index in [2.05, 4.69) is 0 Å². The molecule has 0 saturated heterocycles. The van der Waals surface area contributed by atoms with E-state index in [4.69, 9.17) is 31.1 Å². The maximum Gasteiger partial charge on any atom is 0.303 e. The average Bonchev–Trinajstić information content (AvgIpc) is 2.39. The fraction of sp³-hybridized carbons (Fsp3) is 0.692. The van der Waals surface area contributed by atoms with Crippen molar-refractivity contribution in [3.05, 3.63) is 0 Å². The molecule has 0 aliphatic heterocycles. The third-order valence-corrected chi connectivity index (χ3v) is 3.02. The molecule has 0 amide bonds. The first kappa shape index (κ1) is 19.2. The van der Waals surface area contributed by atoms with Crippen LogP contribution in [0.25, 0.3) is 0 Å². The number of rotatable bonds is 9. The highest BCUT2D eigenvalue weighted by molar-refractivity contribution is 6.21. The van der Waals surface area contributed by atoms with Gasteiger partial charge in [-0.25, -0.2) is 0 Å². The molecule has 7 nitrogen and oxygen atoms in total. The lowest BCUT2D eigenvalue weighted by Crippen LogP contribution is -2.47. The van der Waals surface area contributed by atoms with Crippen LogP contribution in [0.2, 0.25) is 0 Å². The molecular formula is C13H18ClNO6. The largest absolute Gasteiger partial charge is 0.461 e. The number of hydrogen-bond acceptors (Lipinski definition) is 7. The molecule has 8 heteroatoms. The lowest BCUT2D eigenvalue weighted by molar-refractivity contribution is -0.178. The van der Waals surface area contributed by atoms with E-state index in [1.807, 2.05) is 6.07 Å². The van der Waals surface area contributed by atoms with E-state index in [1.165, 1.54) is 20.8 Å². The van der Waals surface area contributed by atoms with Crippen LogP contribution in [0.3, 0.4) is 0 Å². The maximum atomic E-state index is 11.2. The van der Waals surface area contributed by atoms with Crippen molar-refractivity contribution in [2.75, 3.05) is 0 Å².